The first-order chi connectivity index (χ1) is 15.0. The van der Waals surface area contributed by atoms with Gasteiger partial charge in [0.05, 0.1) is 0 Å². The van der Waals surface area contributed by atoms with Crippen LogP contribution in [0.1, 0.15) is 26.7 Å². The minimum absolute atomic E-state index is 0.115. The van der Waals surface area contributed by atoms with Gasteiger partial charge in [0.2, 0.25) is 0 Å². The van der Waals surface area contributed by atoms with E-state index < -0.39 is 0 Å². The van der Waals surface area contributed by atoms with Gasteiger partial charge in [-0.25, -0.2) is 4.79 Å². The van der Waals surface area contributed by atoms with Crippen LogP contribution in [0.5, 0.6) is 5.75 Å². The predicted molar refractivity (Wildman–Crippen MR) is 123 cm³/mol. The molecule has 1 saturated heterocycles. The quantitative estimate of drug-likeness (QED) is 0.599. The number of anilines is 2. The van der Waals surface area contributed by atoms with Crippen molar-refractivity contribution in [1.82, 2.24) is 10.2 Å². The highest BCUT2D eigenvalue weighted by atomic mass is 16.5. The van der Waals surface area contributed by atoms with E-state index in [1.165, 1.54) is 12.8 Å². The zero-order valence-corrected chi connectivity index (χ0v) is 18.3. The highest BCUT2D eigenvalue weighted by Gasteiger charge is 2.21. The highest BCUT2D eigenvalue weighted by molar-refractivity contribution is 5.92. The maximum atomic E-state index is 12.3. The lowest BCUT2D eigenvalue weighted by molar-refractivity contribution is -0.118. The maximum absolute atomic E-state index is 12.3. The number of carbonyl (C=O) groups is 2. The Bertz CT molecular complexity index is 859. The molecule has 0 aliphatic carbocycles. The molecular formula is C24H32N4O3. The normalized spacial score (nSPS) is 17.4. The number of likely N-dealkylation sites (tertiary alicyclic amines) is 1. The van der Waals surface area contributed by atoms with Gasteiger partial charge in [0.15, 0.2) is 6.61 Å². The Morgan fingerprint density at radius 3 is 2.65 bits per heavy atom. The van der Waals surface area contributed by atoms with Crippen molar-refractivity contribution in [3.63, 3.8) is 0 Å². The number of nitrogens with one attached hydrogen (secondary N) is 3. The Kier molecular flexibility index (Phi) is 8.29. The van der Waals surface area contributed by atoms with Crippen molar-refractivity contribution in [1.29, 1.82) is 0 Å². The fraction of sp³-hybridized carbons (Fsp3) is 0.417. The summed E-state index contributed by atoms with van der Waals surface area (Å²) in [7, 11) is 0. The van der Waals surface area contributed by atoms with Crippen LogP contribution in [0.15, 0.2) is 54.6 Å². The number of hydrogen-bond donors (Lipinski definition) is 3. The Morgan fingerprint density at radius 1 is 1.10 bits per heavy atom. The molecule has 166 valence electrons. The summed E-state index contributed by atoms with van der Waals surface area (Å²) in [5.41, 5.74) is 1.33. The van der Waals surface area contributed by atoms with E-state index in [9.17, 15) is 9.59 Å². The second-order valence-electron chi connectivity index (χ2n) is 8.16. The average molecular weight is 425 g/mol. The molecule has 0 spiro atoms. The first-order valence-corrected chi connectivity index (χ1v) is 10.9. The molecule has 0 bridgehead atoms. The van der Waals surface area contributed by atoms with Crippen LogP contribution in [0.25, 0.3) is 0 Å². The summed E-state index contributed by atoms with van der Waals surface area (Å²) in [4.78, 5) is 26.8. The second-order valence-corrected chi connectivity index (χ2v) is 8.16. The smallest absolute Gasteiger partial charge is 0.319 e. The van der Waals surface area contributed by atoms with Crippen molar-refractivity contribution in [2.24, 2.45) is 5.92 Å². The number of carbonyl (C=O) groups excluding carboxylic acids is 2. The fourth-order valence-electron chi connectivity index (χ4n) is 3.70. The van der Waals surface area contributed by atoms with Crippen LogP contribution in [0, 0.1) is 5.92 Å². The summed E-state index contributed by atoms with van der Waals surface area (Å²) in [6.07, 6.45) is 2.50. The molecular weight excluding hydrogens is 392 g/mol. The number of urea groups is 1. The van der Waals surface area contributed by atoms with Gasteiger partial charge < -0.3 is 20.7 Å². The molecule has 1 heterocycles. The number of amides is 3. The Morgan fingerprint density at radius 2 is 1.87 bits per heavy atom. The third-order valence-corrected chi connectivity index (χ3v) is 5.39. The van der Waals surface area contributed by atoms with Crippen LogP contribution < -0.4 is 20.7 Å². The largest absolute Gasteiger partial charge is 0.484 e. The van der Waals surface area contributed by atoms with Crippen LogP contribution in [-0.2, 0) is 4.79 Å². The molecule has 2 atom stereocenters. The topological polar surface area (TPSA) is 82.7 Å². The molecule has 7 heteroatoms. The Hall–Kier alpha value is -3.06. The van der Waals surface area contributed by atoms with Crippen molar-refractivity contribution >= 4 is 23.3 Å². The lowest BCUT2D eigenvalue weighted by Crippen LogP contribution is -2.47. The molecule has 2 aromatic rings. The average Bonchev–Trinajstić information content (AvgIpc) is 2.77. The lowest BCUT2D eigenvalue weighted by Gasteiger charge is -2.35. The van der Waals surface area contributed by atoms with Crippen LogP contribution in [0.4, 0.5) is 16.2 Å². The number of para-hydroxylation sites is 1. The molecule has 31 heavy (non-hydrogen) atoms. The first-order valence-electron chi connectivity index (χ1n) is 10.9. The minimum Gasteiger partial charge on any atom is -0.484 e. The van der Waals surface area contributed by atoms with Gasteiger partial charge in [-0.1, -0.05) is 31.2 Å². The zero-order chi connectivity index (χ0) is 22.1. The van der Waals surface area contributed by atoms with Gasteiger partial charge in [0.1, 0.15) is 5.75 Å². The van der Waals surface area contributed by atoms with Crippen molar-refractivity contribution in [3.8, 4) is 5.75 Å². The van der Waals surface area contributed by atoms with Gasteiger partial charge in [-0.3, -0.25) is 9.69 Å². The van der Waals surface area contributed by atoms with E-state index in [0.717, 1.165) is 18.8 Å². The van der Waals surface area contributed by atoms with Crippen molar-refractivity contribution < 1.29 is 14.3 Å². The first kappa shape index (κ1) is 22.6. The van der Waals surface area contributed by atoms with Gasteiger partial charge >= 0.3 is 6.03 Å². The SMILES string of the molecule is CC1CCCN(C(C)CNC(=O)Nc2cccc(OCC(=O)Nc3ccccc3)c2)C1. The molecule has 3 amide bonds. The minimum atomic E-state index is -0.254. The van der Waals surface area contributed by atoms with Gasteiger partial charge in [-0.15, -0.1) is 0 Å². The summed E-state index contributed by atoms with van der Waals surface area (Å²) in [5.74, 6) is 0.975. The Labute approximate surface area is 184 Å². The van der Waals surface area contributed by atoms with E-state index in [1.54, 1.807) is 24.3 Å². The molecule has 2 aromatic carbocycles. The van der Waals surface area contributed by atoms with Gasteiger partial charge in [-0.05, 0) is 56.5 Å². The monoisotopic (exact) mass is 424 g/mol. The van der Waals surface area contributed by atoms with Gasteiger partial charge in [0, 0.05) is 36.6 Å². The summed E-state index contributed by atoms with van der Waals surface area (Å²) >= 11 is 0. The molecule has 1 fully saturated rings. The van der Waals surface area contributed by atoms with E-state index in [-0.39, 0.29) is 18.5 Å². The van der Waals surface area contributed by atoms with Crippen molar-refractivity contribution in [2.75, 3.05) is 36.9 Å². The molecule has 7 nitrogen and oxygen atoms in total. The van der Waals surface area contributed by atoms with Crippen LogP contribution in [0.2, 0.25) is 0 Å². The maximum Gasteiger partial charge on any atom is 0.319 e. The third kappa shape index (κ3) is 7.61. The van der Waals surface area contributed by atoms with E-state index in [2.05, 4.69) is 34.7 Å². The predicted octanol–water partition coefficient (Wildman–Crippen LogP) is 3.95. The van der Waals surface area contributed by atoms with Gasteiger partial charge in [-0.2, -0.15) is 0 Å². The standard InChI is InChI=1S/C24H32N4O3/c1-18-8-7-13-28(16-18)19(2)15-25-24(30)27-21-11-6-12-22(14-21)31-17-23(29)26-20-9-4-3-5-10-20/h3-6,9-12,14,18-19H,7-8,13,15-17H2,1-2H3,(H,26,29)(H2,25,27,30). The van der Waals surface area contributed by atoms with E-state index in [0.29, 0.717) is 29.9 Å². The molecule has 3 rings (SSSR count). The molecule has 3 N–H and O–H groups in total. The molecule has 0 aromatic heterocycles. The number of ether oxygens (including phenoxy) is 1. The lowest BCUT2D eigenvalue weighted by atomic mass is 9.99. The van der Waals surface area contributed by atoms with Crippen LogP contribution in [-0.4, -0.2) is 49.1 Å². The van der Waals surface area contributed by atoms with E-state index >= 15 is 0 Å². The summed E-state index contributed by atoms with van der Waals surface area (Å²) in [5, 5.41) is 8.54. The number of hydrogen-bond acceptors (Lipinski definition) is 4. The van der Waals surface area contributed by atoms with E-state index in [4.69, 9.17) is 4.74 Å². The molecule has 1 aliphatic heterocycles. The number of benzene rings is 2. The van der Waals surface area contributed by atoms with Crippen LogP contribution in [0.3, 0.4) is 0 Å². The molecule has 0 saturated carbocycles. The Balaban J connectivity index is 1.42. The van der Waals surface area contributed by atoms with Crippen LogP contribution >= 0.6 is 0 Å². The van der Waals surface area contributed by atoms with Crippen molar-refractivity contribution in [3.05, 3.63) is 54.6 Å². The van der Waals surface area contributed by atoms with E-state index in [1.807, 2.05) is 30.3 Å². The number of piperidine rings is 1. The number of rotatable bonds is 8. The molecule has 0 radical (unpaired) electrons. The fourth-order valence-corrected chi connectivity index (χ4v) is 3.70. The second kappa shape index (κ2) is 11.4. The summed E-state index contributed by atoms with van der Waals surface area (Å²) < 4.78 is 5.56. The summed E-state index contributed by atoms with van der Waals surface area (Å²) in [6.45, 7) is 7.07. The molecule has 1 aliphatic rings. The number of nitrogens with zero attached hydrogens (tertiary/aromatic N) is 1. The zero-order valence-electron chi connectivity index (χ0n) is 18.3. The highest BCUT2D eigenvalue weighted by Crippen LogP contribution is 2.18. The molecule has 2 unspecified atom stereocenters. The van der Waals surface area contributed by atoms with Gasteiger partial charge in [0.25, 0.3) is 5.91 Å². The summed E-state index contributed by atoms with van der Waals surface area (Å²) in [6, 6.07) is 16.3. The third-order valence-electron chi connectivity index (χ3n) is 5.39. The van der Waals surface area contributed by atoms with Crippen molar-refractivity contribution in [2.45, 2.75) is 32.7 Å².